The highest BCUT2D eigenvalue weighted by Crippen LogP contribution is 2.24. The lowest BCUT2D eigenvalue weighted by Crippen LogP contribution is -2.05. The third-order valence-electron chi connectivity index (χ3n) is 4.56. The summed E-state index contributed by atoms with van der Waals surface area (Å²) in [6.45, 7) is 2.57. The van der Waals surface area contributed by atoms with Crippen LogP contribution in [0.4, 0.5) is 0 Å². The minimum Gasteiger partial charge on any atom is -0.489 e. The van der Waals surface area contributed by atoms with Gasteiger partial charge in [0.15, 0.2) is 5.70 Å². The summed E-state index contributed by atoms with van der Waals surface area (Å²) in [5.74, 6) is 0.467. The lowest BCUT2D eigenvalue weighted by molar-refractivity contribution is -0.129. The Bertz CT molecular complexity index is 1120. The first-order chi connectivity index (χ1) is 14.1. The van der Waals surface area contributed by atoms with E-state index in [4.69, 9.17) is 21.1 Å². The van der Waals surface area contributed by atoms with Gasteiger partial charge in [-0.15, -0.1) is 0 Å². The van der Waals surface area contributed by atoms with E-state index in [0.717, 1.165) is 16.9 Å². The van der Waals surface area contributed by atoms with E-state index in [0.29, 0.717) is 17.2 Å². The molecular weight excluding hydrogens is 386 g/mol. The zero-order chi connectivity index (χ0) is 20.2. The maximum absolute atomic E-state index is 12.2. The summed E-state index contributed by atoms with van der Waals surface area (Å²) in [5.41, 5.74) is 3.98. The lowest BCUT2D eigenvalue weighted by atomic mass is 10.1. The number of hydrogen-bond acceptors (Lipinski definition) is 4. The van der Waals surface area contributed by atoms with Gasteiger partial charge in [0.25, 0.3) is 0 Å². The molecule has 4 nitrogen and oxygen atoms in total. The highest BCUT2D eigenvalue weighted by atomic mass is 35.5. The van der Waals surface area contributed by atoms with Crippen molar-refractivity contribution in [2.75, 3.05) is 0 Å². The van der Waals surface area contributed by atoms with Crippen LogP contribution in [0.5, 0.6) is 5.75 Å². The van der Waals surface area contributed by atoms with Gasteiger partial charge < -0.3 is 9.47 Å². The van der Waals surface area contributed by atoms with Crippen molar-refractivity contribution in [3.05, 3.63) is 106 Å². The zero-order valence-electron chi connectivity index (χ0n) is 15.8. The molecular formula is C24H18ClNO3. The third kappa shape index (κ3) is 4.39. The van der Waals surface area contributed by atoms with Crippen LogP contribution in [0, 0.1) is 6.92 Å². The Morgan fingerprint density at radius 3 is 2.48 bits per heavy atom. The number of nitrogens with zero attached hydrogens (tertiary/aromatic N) is 1. The summed E-state index contributed by atoms with van der Waals surface area (Å²) in [4.78, 5) is 16.5. The molecule has 0 aromatic heterocycles. The average Bonchev–Trinajstić information content (AvgIpc) is 3.09. The van der Waals surface area contributed by atoms with Crippen LogP contribution in [0.15, 0.2) is 83.5 Å². The first kappa shape index (κ1) is 19.0. The summed E-state index contributed by atoms with van der Waals surface area (Å²) >= 11 is 6.16. The Kier molecular flexibility index (Phi) is 5.45. The Labute approximate surface area is 174 Å². The van der Waals surface area contributed by atoms with E-state index in [-0.39, 0.29) is 11.6 Å². The Morgan fingerprint density at radius 2 is 1.72 bits per heavy atom. The van der Waals surface area contributed by atoms with Crippen LogP contribution in [0.3, 0.4) is 0 Å². The molecule has 0 amide bonds. The lowest BCUT2D eigenvalue weighted by Gasteiger charge is -2.08. The van der Waals surface area contributed by atoms with Crippen LogP contribution in [0.25, 0.3) is 6.08 Å². The maximum Gasteiger partial charge on any atom is 0.363 e. The molecule has 0 spiro atoms. The van der Waals surface area contributed by atoms with Crippen LogP contribution >= 0.6 is 11.6 Å². The molecule has 4 rings (SSSR count). The number of cyclic esters (lactones) is 1. The number of aliphatic imine (C=N–C) groups is 1. The van der Waals surface area contributed by atoms with Crippen molar-refractivity contribution in [2.45, 2.75) is 13.5 Å². The summed E-state index contributed by atoms with van der Waals surface area (Å²) in [5, 5.41) is 0.482. The molecule has 0 N–H and O–H groups in total. The number of aryl methyl sites for hydroxylation is 1. The second-order valence-corrected chi connectivity index (χ2v) is 7.01. The normalized spacial score (nSPS) is 14.6. The van der Waals surface area contributed by atoms with Crippen molar-refractivity contribution in [1.29, 1.82) is 0 Å². The number of ether oxygens (including phenoxy) is 2. The highest BCUT2D eigenvalue weighted by Gasteiger charge is 2.25. The first-order valence-electron chi connectivity index (χ1n) is 9.15. The molecule has 1 aliphatic rings. The predicted molar refractivity (Wildman–Crippen MR) is 114 cm³/mol. The van der Waals surface area contributed by atoms with Crippen LogP contribution in [-0.2, 0) is 16.1 Å². The molecule has 0 bridgehead atoms. The number of benzene rings is 3. The monoisotopic (exact) mass is 403 g/mol. The topological polar surface area (TPSA) is 47.9 Å². The van der Waals surface area contributed by atoms with E-state index in [1.165, 1.54) is 5.56 Å². The molecule has 3 aromatic rings. The van der Waals surface area contributed by atoms with E-state index < -0.39 is 5.97 Å². The quantitative estimate of drug-likeness (QED) is 0.413. The molecule has 3 aromatic carbocycles. The number of hydrogen-bond donors (Lipinski definition) is 0. The van der Waals surface area contributed by atoms with Gasteiger partial charge in [-0.05, 0) is 54.0 Å². The summed E-state index contributed by atoms with van der Waals surface area (Å²) in [6, 6.07) is 22.7. The third-order valence-corrected chi connectivity index (χ3v) is 4.89. The van der Waals surface area contributed by atoms with Gasteiger partial charge in [0.2, 0.25) is 5.90 Å². The fourth-order valence-electron chi connectivity index (χ4n) is 2.91. The summed E-state index contributed by atoms with van der Waals surface area (Å²) in [6.07, 6.45) is 1.68. The molecule has 0 fully saturated rings. The van der Waals surface area contributed by atoms with Crippen LogP contribution in [0.2, 0.25) is 5.02 Å². The fraction of sp³-hybridized carbons (Fsp3) is 0.0833. The van der Waals surface area contributed by atoms with E-state index >= 15 is 0 Å². The van der Waals surface area contributed by atoms with Gasteiger partial charge in [0, 0.05) is 0 Å². The smallest absolute Gasteiger partial charge is 0.363 e. The van der Waals surface area contributed by atoms with Gasteiger partial charge in [-0.25, -0.2) is 9.79 Å². The Balaban J connectivity index is 1.48. The van der Waals surface area contributed by atoms with Crippen molar-refractivity contribution in [3.63, 3.8) is 0 Å². The summed E-state index contributed by atoms with van der Waals surface area (Å²) in [7, 11) is 0. The number of carbonyl (C=O) groups excluding carboxylic acids is 1. The van der Waals surface area contributed by atoms with Crippen molar-refractivity contribution in [3.8, 4) is 5.75 Å². The van der Waals surface area contributed by atoms with Gasteiger partial charge in [-0.3, -0.25) is 0 Å². The van der Waals surface area contributed by atoms with E-state index in [9.17, 15) is 4.79 Å². The molecule has 1 heterocycles. The molecule has 0 atom stereocenters. The van der Waals surface area contributed by atoms with Gasteiger partial charge in [0.1, 0.15) is 12.4 Å². The predicted octanol–water partition coefficient (Wildman–Crippen LogP) is 5.57. The fourth-order valence-corrected chi connectivity index (χ4v) is 3.13. The molecule has 1 aliphatic heterocycles. The summed E-state index contributed by atoms with van der Waals surface area (Å²) < 4.78 is 11.1. The SMILES string of the molecule is Cc1ccccc1COc1ccc(/C=C2\N=C(c3ccccc3Cl)OC2=O)cc1. The second-order valence-electron chi connectivity index (χ2n) is 6.60. The van der Waals surface area contributed by atoms with Crippen molar-refractivity contribution in [1.82, 2.24) is 0 Å². The van der Waals surface area contributed by atoms with E-state index in [1.807, 2.05) is 48.5 Å². The van der Waals surface area contributed by atoms with Gasteiger partial charge >= 0.3 is 5.97 Å². The van der Waals surface area contributed by atoms with Crippen molar-refractivity contribution in [2.24, 2.45) is 4.99 Å². The number of carbonyl (C=O) groups is 1. The maximum atomic E-state index is 12.2. The molecule has 0 saturated carbocycles. The van der Waals surface area contributed by atoms with Gasteiger partial charge in [0.05, 0.1) is 10.6 Å². The molecule has 0 unspecified atom stereocenters. The first-order valence-corrected chi connectivity index (χ1v) is 9.53. The zero-order valence-corrected chi connectivity index (χ0v) is 16.5. The van der Waals surface area contributed by atoms with Crippen LogP contribution < -0.4 is 4.74 Å². The molecule has 0 saturated heterocycles. The number of rotatable bonds is 5. The Morgan fingerprint density at radius 1 is 1.00 bits per heavy atom. The van der Waals surface area contributed by atoms with E-state index in [2.05, 4.69) is 24.0 Å². The molecule has 144 valence electrons. The minimum atomic E-state index is -0.500. The van der Waals surface area contributed by atoms with Gasteiger partial charge in [-0.2, -0.15) is 0 Å². The second kappa shape index (κ2) is 8.33. The average molecular weight is 404 g/mol. The largest absolute Gasteiger partial charge is 0.489 e. The molecule has 0 aliphatic carbocycles. The van der Waals surface area contributed by atoms with Crippen LogP contribution in [-0.4, -0.2) is 11.9 Å². The molecule has 29 heavy (non-hydrogen) atoms. The molecule has 5 heteroatoms. The van der Waals surface area contributed by atoms with Crippen LogP contribution in [0.1, 0.15) is 22.3 Å². The van der Waals surface area contributed by atoms with Crippen molar-refractivity contribution >= 4 is 29.5 Å². The minimum absolute atomic E-state index is 0.213. The highest BCUT2D eigenvalue weighted by molar-refractivity contribution is 6.34. The Hall–Kier alpha value is -3.37. The molecule has 0 radical (unpaired) electrons. The van der Waals surface area contributed by atoms with Crippen molar-refractivity contribution < 1.29 is 14.3 Å². The van der Waals surface area contributed by atoms with E-state index in [1.54, 1.807) is 18.2 Å². The number of esters is 1. The number of halogens is 1. The standard InChI is InChI=1S/C24H18ClNO3/c1-16-6-2-3-7-18(16)15-28-19-12-10-17(11-13-19)14-22-24(27)29-23(26-22)20-8-4-5-9-21(20)25/h2-14H,15H2,1H3/b22-14-. The van der Waals surface area contributed by atoms with Gasteiger partial charge in [-0.1, -0.05) is 60.1 Å².